The van der Waals surface area contributed by atoms with Crippen molar-refractivity contribution >= 4 is 33.7 Å². The van der Waals surface area contributed by atoms with Crippen LogP contribution in [0.4, 0.5) is 17.1 Å². The predicted molar refractivity (Wildman–Crippen MR) is 179 cm³/mol. The first-order chi connectivity index (χ1) is 21.8. The van der Waals surface area contributed by atoms with E-state index in [1.54, 1.807) is 0 Å². The highest BCUT2D eigenvalue weighted by Gasteiger charge is 2.19. The second-order valence-electron chi connectivity index (χ2n) is 10.6. The van der Waals surface area contributed by atoms with Gasteiger partial charge in [-0.05, 0) is 54.6 Å². The van der Waals surface area contributed by atoms with Crippen molar-refractivity contribution in [3.05, 3.63) is 164 Å². The van der Waals surface area contributed by atoms with Crippen LogP contribution in [0.15, 0.2) is 164 Å². The molecule has 5 heteroatoms. The molecule has 0 radical (unpaired) electrons. The average molecular weight is 566 g/mol. The lowest BCUT2D eigenvalue weighted by Gasteiger charge is -2.27. The number of hydrogen-bond donors (Lipinski definition) is 0. The van der Waals surface area contributed by atoms with Gasteiger partial charge >= 0.3 is 0 Å². The highest BCUT2D eigenvalue weighted by molar-refractivity contribution is 5.89. The molecule has 5 aromatic carbocycles. The zero-order chi connectivity index (χ0) is 29.3. The second kappa shape index (κ2) is 11.0. The first kappa shape index (κ1) is 25.6. The lowest BCUT2D eigenvalue weighted by atomic mass is 10.0. The van der Waals surface area contributed by atoms with Gasteiger partial charge in [0.25, 0.3) is 0 Å². The van der Waals surface area contributed by atoms with E-state index in [9.17, 15) is 0 Å². The van der Waals surface area contributed by atoms with Gasteiger partial charge in [-0.3, -0.25) is 0 Å². The molecule has 0 N–H and O–H groups in total. The molecule has 0 spiro atoms. The molecule has 0 saturated carbocycles. The minimum atomic E-state index is 0.859. The number of imidazole rings is 1. The Labute approximate surface area is 255 Å². The van der Waals surface area contributed by atoms with Crippen LogP contribution in [0.3, 0.4) is 0 Å². The van der Waals surface area contributed by atoms with Gasteiger partial charge in [0.2, 0.25) is 0 Å². The van der Waals surface area contributed by atoms with Crippen molar-refractivity contribution in [2.45, 2.75) is 0 Å². The molecule has 0 aliphatic carbocycles. The molecule has 3 heterocycles. The third kappa shape index (κ3) is 4.67. The topological polar surface area (TPSA) is 46.3 Å². The maximum atomic E-state index is 5.10. The van der Waals surface area contributed by atoms with Crippen LogP contribution in [0.25, 0.3) is 50.5 Å². The summed E-state index contributed by atoms with van der Waals surface area (Å²) in [6.07, 6.45) is 4.12. The molecule has 5 nitrogen and oxygen atoms in total. The Balaban J connectivity index is 1.27. The SMILES string of the molecule is c1ccc(-c2nc3ccccc3nc2-c2ccc(N(c3ccccc3)c3ccccc3-c3cn4ccccc4n3)cc2)cc1. The van der Waals surface area contributed by atoms with E-state index in [1.807, 2.05) is 72.9 Å². The molecule has 0 aliphatic heterocycles. The van der Waals surface area contributed by atoms with Crippen LogP contribution in [-0.4, -0.2) is 19.4 Å². The van der Waals surface area contributed by atoms with Crippen molar-refractivity contribution in [2.75, 3.05) is 4.90 Å². The summed E-state index contributed by atoms with van der Waals surface area (Å²) in [7, 11) is 0. The van der Waals surface area contributed by atoms with Gasteiger partial charge in [-0.2, -0.15) is 0 Å². The van der Waals surface area contributed by atoms with Crippen molar-refractivity contribution in [3.63, 3.8) is 0 Å². The molecule has 8 aromatic rings. The number of pyridine rings is 1. The zero-order valence-electron chi connectivity index (χ0n) is 23.8. The first-order valence-corrected chi connectivity index (χ1v) is 14.6. The molecule has 0 atom stereocenters. The van der Waals surface area contributed by atoms with E-state index < -0.39 is 0 Å². The van der Waals surface area contributed by atoms with Gasteiger partial charge in [-0.15, -0.1) is 0 Å². The fraction of sp³-hybridized carbons (Fsp3) is 0. The van der Waals surface area contributed by atoms with Gasteiger partial charge in [0.15, 0.2) is 0 Å². The summed E-state index contributed by atoms with van der Waals surface area (Å²) in [5.74, 6) is 0. The van der Waals surface area contributed by atoms with E-state index in [-0.39, 0.29) is 0 Å². The fourth-order valence-electron chi connectivity index (χ4n) is 5.72. The van der Waals surface area contributed by atoms with E-state index in [2.05, 4.69) is 100 Å². The van der Waals surface area contributed by atoms with Crippen molar-refractivity contribution in [2.24, 2.45) is 0 Å². The minimum Gasteiger partial charge on any atom is -0.310 e. The Bertz CT molecular complexity index is 2190. The van der Waals surface area contributed by atoms with Gasteiger partial charge in [0.1, 0.15) is 5.65 Å². The molecule has 208 valence electrons. The molecule has 0 fully saturated rings. The van der Waals surface area contributed by atoms with Crippen molar-refractivity contribution < 1.29 is 0 Å². The Kier molecular flexibility index (Phi) is 6.39. The number of benzene rings is 5. The normalized spacial score (nSPS) is 11.2. The molecule has 0 aliphatic rings. The molecule has 0 unspecified atom stereocenters. The van der Waals surface area contributed by atoms with E-state index in [0.717, 1.165) is 67.5 Å². The molecule has 0 bridgehead atoms. The summed E-state index contributed by atoms with van der Waals surface area (Å²) < 4.78 is 2.06. The lowest BCUT2D eigenvalue weighted by Crippen LogP contribution is -2.11. The zero-order valence-corrected chi connectivity index (χ0v) is 23.8. The van der Waals surface area contributed by atoms with Gasteiger partial charge < -0.3 is 9.30 Å². The number of rotatable bonds is 6. The second-order valence-corrected chi connectivity index (χ2v) is 10.6. The number of hydrogen-bond acceptors (Lipinski definition) is 4. The number of fused-ring (bicyclic) bond motifs is 2. The van der Waals surface area contributed by atoms with Crippen LogP contribution in [0, 0.1) is 0 Å². The largest absolute Gasteiger partial charge is 0.310 e. The molecule has 8 rings (SSSR count). The third-order valence-electron chi connectivity index (χ3n) is 7.82. The first-order valence-electron chi connectivity index (χ1n) is 14.6. The monoisotopic (exact) mass is 565 g/mol. The van der Waals surface area contributed by atoms with E-state index >= 15 is 0 Å². The van der Waals surface area contributed by atoms with Gasteiger partial charge in [-0.25, -0.2) is 15.0 Å². The fourth-order valence-corrected chi connectivity index (χ4v) is 5.72. The summed E-state index contributed by atoms with van der Waals surface area (Å²) in [5, 5.41) is 0. The summed E-state index contributed by atoms with van der Waals surface area (Å²) in [6, 6.07) is 51.9. The summed E-state index contributed by atoms with van der Waals surface area (Å²) >= 11 is 0. The highest BCUT2D eigenvalue weighted by atomic mass is 15.1. The van der Waals surface area contributed by atoms with Crippen molar-refractivity contribution in [1.29, 1.82) is 0 Å². The van der Waals surface area contributed by atoms with Gasteiger partial charge in [0.05, 0.1) is 33.8 Å². The van der Waals surface area contributed by atoms with Crippen LogP contribution < -0.4 is 4.90 Å². The number of para-hydroxylation sites is 4. The van der Waals surface area contributed by atoms with Crippen LogP contribution in [0.5, 0.6) is 0 Å². The molecule has 44 heavy (non-hydrogen) atoms. The molecule has 0 saturated heterocycles. The Morgan fingerprint density at radius 2 is 1.02 bits per heavy atom. The van der Waals surface area contributed by atoms with Crippen LogP contribution in [0.2, 0.25) is 0 Å². The quantitative estimate of drug-likeness (QED) is 0.201. The third-order valence-corrected chi connectivity index (χ3v) is 7.82. The molecule has 3 aromatic heterocycles. The smallest absolute Gasteiger partial charge is 0.137 e. The standard InChI is InChI=1S/C39H27N5/c1-3-13-28(14-4-1)38-39(42-34-19-9-8-18-33(34)41-38)29-22-24-31(25-23-29)44(30-15-5-2-6-16-30)36-20-10-7-17-32(36)35-27-43-26-12-11-21-37(43)40-35/h1-27H. The molecule has 0 amide bonds. The Morgan fingerprint density at radius 1 is 0.455 bits per heavy atom. The van der Waals surface area contributed by atoms with Gasteiger partial charge in [-0.1, -0.05) is 97.1 Å². The number of nitrogens with zero attached hydrogens (tertiary/aromatic N) is 5. The van der Waals surface area contributed by atoms with Crippen LogP contribution in [0.1, 0.15) is 0 Å². The minimum absolute atomic E-state index is 0.859. The highest BCUT2D eigenvalue weighted by Crippen LogP contribution is 2.41. The van der Waals surface area contributed by atoms with E-state index in [4.69, 9.17) is 15.0 Å². The van der Waals surface area contributed by atoms with Crippen molar-refractivity contribution in [3.8, 4) is 33.8 Å². The van der Waals surface area contributed by atoms with E-state index in [1.165, 1.54) is 0 Å². The predicted octanol–water partition coefficient (Wildman–Crippen LogP) is 9.75. The Hall–Kier alpha value is -6.07. The maximum Gasteiger partial charge on any atom is 0.137 e. The lowest BCUT2D eigenvalue weighted by molar-refractivity contribution is 1.19. The average Bonchev–Trinajstić information content (AvgIpc) is 3.54. The van der Waals surface area contributed by atoms with Crippen LogP contribution in [-0.2, 0) is 0 Å². The Morgan fingerprint density at radius 3 is 1.73 bits per heavy atom. The van der Waals surface area contributed by atoms with Gasteiger partial charge in [0, 0.05) is 40.5 Å². The maximum absolute atomic E-state index is 5.10. The summed E-state index contributed by atoms with van der Waals surface area (Å²) in [4.78, 5) is 17.4. The molecular formula is C39H27N5. The summed E-state index contributed by atoms with van der Waals surface area (Å²) in [5.41, 5.74) is 11.6. The number of aromatic nitrogens is 4. The van der Waals surface area contributed by atoms with E-state index in [0.29, 0.717) is 0 Å². The molecular weight excluding hydrogens is 538 g/mol. The summed E-state index contributed by atoms with van der Waals surface area (Å²) in [6.45, 7) is 0. The van der Waals surface area contributed by atoms with Crippen LogP contribution >= 0.6 is 0 Å². The van der Waals surface area contributed by atoms with Crippen molar-refractivity contribution in [1.82, 2.24) is 19.4 Å². The number of anilines is 3.